The number of amides is 1. The van der Waals surface area contributed by atoms with Crippen molar-refractivity contribution in [1.29, 1.82) is 0 Å². The fourth-order valence-electron chi connectivity index (χ4n) is 4.22. The fraction of sp³-hybridized carbons (Fsp3) is 0.435. The van der Waals surface area contributed by atoms with Crippen LogP contribution in [0.15, 0.2) is 48.5 Å². The zero-order valence-corrected chi connectivity index (χ0v) is 18.2. The van der Waals surface area contributed by atoms with Gasteiger partial charge in [0.25, 0.3) is 0 Å². The molecule has 0 aromatic heterocycles. The zero-order valence-electron chi connectivity index (χ0n) is 17.5. The van der Waals surface area contributed by atoms with Crippen molar-refractivity contribution in [1.82, 2.24) is 9.80 Å². The van der Waals surface area contributed by atoms with E-state index in [1.807, 2.05) is 41.3 Å². The first-order valence-corrected chi connectivity index (χ1v) is 10.9. The lowest BCUT2D eigenvalue weighted by molar-refractivity contribution is -0.132. The molecule has 2 heterocycles. The molecule has 2 fully saturated rings. The number of para-hydroxylation sites is 2. The summed E-state index contributed by atoms with van der Waals surface area (Å²) in [6.45, 7) is 7.25. The van der Waals surface area contributed by atoms with Crippen molar-refractivity contribution in [2.24, 2.45) is 0 Å². The predicted molar refractivity (Wildman–Crippen MR) is 122 cm³/mol. The summed E-state index contributed by atoms with van der Waals surface area (Å²) in [5.74, 6) is 1.11. The summed E-state index contributed by atoms with van der Waals surface area (Å²) in [4.78, 5) is 21.7. The Labute approximate surface area is 183 Å². The van der Waals surface area contributed by atoms with Gasteiger partial charge in [-0.2, -0.15) is 0 Å². The Morgan fingerprint density at radius 2 is 1.60 bits per heavy atom. The Bertz CT molecular complexity index is 862. The number of carbonyl (C=O) groups is 1. The van der Waals surface area contributed by atoms with E-state index in [2.05, 4.69) is 26.8 Å². The van der Waals surface area contributed by atoms with Crippen molar-refractivity contribution < 1.29 is 9.53 Å². The maximum atomic E-state index is 12.8. The van der Waals surface area contributed by atoms with Gasteiger partial charge in [0.1, 0.15) is 5.75 Å². The lowest BCUT2D eigenvalue weighted by Crippen LogP contribution is -2.54. The van der Waals surface area contributed by atoms with Crippen LogP contribution in [0.3, 0.4) is 0 Å². The molecule has 2 saturated heterocycles. The molecular weight excluding hydrogens is 400 g/mol. The third kappa shape index (κ3) is 4.82. The van der Waals surface area contributed by atoms with E-state index in [0.717, 1.165) is 74.5 Å². The second-order valence-electron chi connectivity index (χ2n) is 7.78. The minimum absolute atomic E-state index is 0.228. The van der Waals surface area contributed by atoms with Crippen LogP contribution < -0.4 is 14.5 Å². The highest BCUT2D eigenvalue weighted by Crippen LogP contribution is 2.28. The van der Waals surface area contributed by atoms with E-state index in [-0.39, 0.29) is 5.91 Å². The number of hydrogen-bond donors (Lipinski definition) is 0. The molecule has 2 aromatic carbocycles. The minimum atomic E-state index is 0.228. The van der Waals surface area contributed by atoms with Gasteiger partial charge in [-0.15, -0.1) is 0 Å². The van der Waals surface area contributed by atoms with Crippen molar-refractivity contribution in [2.75, 3.05) is 75.8 Å². The summed E-state index contributed by atoms with van der Waals surface area (Å²) in [5, 5.41) is 0.761. The molecule has 0 radical (unpaired) electrons. The summed E-state index contributed by atoms with van der Waals surface area (Å²) in [6.07, 6.45) is 0. The van der Waals surface area contributed by atoms with Crippen LogP contribution in [0.5, 0.6) is 5.75 Å². The minimum Gasteiger partial charge on any atom is -0.495 e. The average molecular weight is 429 g/mol. The van der Waals surface area contributed by atoms with Gasteiger partial charge in [0.2, 0.25) is 5.91 Å². The first kappa shape index (κ1) is 20.8. The summed E-state index contributed by atoms with van der Waals surface area (Å²) in [6, 6.07) is 16.0. The number of hydrogen-bond acceptors (Lipinski definition) is 5. The topological polar surface area (TPSA) is 39.3 Å². The van der Waals surface area contributed by atoms with Crippen LogP contribution in [0.4, 0.5) is 11.4 Å². The van der Waals surface area contributed by atoms with Gasteiger partial charge in [0.15, 0.2) is 0 Å². The Balaban J connectivity index is 1.25. The van der Waals surface area contributed by atoms with Crippen molar-refractivity contribution in [3.05, 3.63) is 53.6 Å². The lowest BCUT2D eigenvalue weighted by atomic mass is 10.2. The van der Waals surface area contributed by atoms with Gasteiger partial charge in [-0.05, 0) is 30.3 Å². The van der Waals surface area contributed by atoms with Crippen LogP contribution in [0.2, 0.25) is 5.02 Å². The van der Waals surface area contributed by atoms with E-state index in [0.29, 0.717) is 6.54 Å². The highest BCUT2D eigenvalue weighted by atomic mass is 35.5. The molecule has 0 saturated carbocycles. The van der Waals surface area contributed by atoms with Crippen molar-refractivity contribution in [2.45, 2.75) is 0 Å². The maximum Gasteiger partial charge on any atom is 0.236 e. The molecule has 6 nitrogen and oxygen atoms in total. The van der Waals surface area contributed by atoms with Crippen LogP contribution >= 0.6 is 11.6 Å². The number of benzene rings is 2. The van der Waals surface area contributed by atoms with Gasteiger partial charge in [0, 0.05) is 63.1 Å². The van der Waals surface area contributed by atoms with Crippen LogP contribution in [0.25, 0.3) is 0 Å². The first-order chi connectivity index (χ1) is 14.6. The molecule has 160 valence electrons. The van der Waals surface area contributed by atoms with Crippen LogP contribution in [0, 0.1) is 0 Å². The van der Waals surface area contributed by atoms with E-state index in [1.165, 1.54) is 0 Å². The molecule has 4 rings (SSSR count). The first-order valence-electron chi connectivity index (χ1n) is 10.5. The number of methoxy groups -OCH3 is 1. The third-order valence-corrected chi connectivity index (χ3v) is 6.20. The van der Waals surface area contributed by atoms with Crippen LogP contribution in [0.1, 0.15) is 0 Å². The van der Waals surface area contributed by atoms with Gasteiger partial charge in [0.05, 0.1) is 19.3 Å². The number of nitrogens with zero attached hydrogens (tertiary/aromatic N) is 4. The smallest absolute Gasteiger partial charge is 0.236 e. The second kappa shape index (κ2) is 9.58. The van der Waals surface area contributed by atoms with Crippen LogP contribution in [-0.4, -0.2) is 81.7 Å². The number of rotatable bonds is 5. The van der Waals surface area contributed by atoms with Crippen molar-refractivity contribution >= 4 is 28.9 Å². The molecular formula is C23H29ClN4O2. The highest BCUT2D eigenvalue weighted by molar-refractivity contribution is 6.30. The van der Waals surface area contributed by atoms with E-state index < -0.39 is 0 Å². The monoisotopic (exact) mass is 428 g/mol. The number of halogens is 1. The summed E-state index contributed by atoms with van der Waals surface area (Å²) < 4.78 is 5.48. The molecule has 0 N–H and O–H groups in total. The molecule has 0 atom stereocenters. The molecule has 1 amide bonds. The number of ether oxygens (including phenoxy) is 1. The molecule has 0 aliphatic carbocycles. The van der Waals surface area contributed by atoms with Crippen molar-refractivity contribution in [3.8, 4) is 5.75 Å². The van der Waals surface area contributed by atoms with Gasteiger partial charge < -0.3 is 19.4 Å². The number of anilines is 2. The van der Waals surface area contributed by atoms with E-state index in [4.69, 9.17) is 16.3 Å². The van der Waals surface area contributed by atoms with Gasteiger partial charge in [-0.3, -0.25) is 9.69 Å². The third-order valence-electron chi connectivity index (χ3n) is 5.96. The molecule has 2 aromatic rings. The standard InChI is InChI=1S/C23H29ClN4O2/c1-30-22-8-3-2-7-21(22)27-13-15-28(16-14-27)23(29)18-25-9-11-26(12-10-25)20-6-4-5-19(24)17-20/h2-8,17H,9-16,18H2,1H3. The normalized spacial score (nSPS) is 17.9. The molecule has 30 heavy (non-hydrogen) atoms. The largest absolute Gasteiger partial charge is 0.495 e. The lowest BCUT2D eigenvalue weighted by Gasteiger charge is -2.39. The fourth-order valence-corrected chi connectivity index (χ4v) is 4.40. The molecule has 0 unspecified atom stereocenters. The number of piperazine rings is 2. The Morgan fingerprint density at radius 1 is 0.900 bits per heavy atom. The zero-order chi connectivity index (χ0) is 20.9. The quantitative estimate of drug-likeness (QED) is 0.732. The Morgan fingerprint density at radius 3 is 2.30 bits per heavy atom. The molecule has 0 bridgehead atoms. The van der Waals surface area contributed by atoms with Gasteiger partial charge in [-0.1, -0.05) is 29.8 Å². The molecule has 2 aliphatic heterocycles. The maximum absolute atomic E-state index is 12.8. The summed E-state index contributed by atoms with van der Waals surface area (Å²) in [7, 11) is 1.70. The summed E-state index contributed by atoms with van der Waals surface area (Å²) in [5.41, 5.74) is 2.25. The SMILES string of the molecule is COc1ccccc1N1CCN(C(=O)CN2CCN(c3cccc(Cl)c3)CC2)CC1. The van der Waals surface area contributed by atoms with Crippen LogP contribution in [-0.2, 0) is 4.79 Å². The van der Waals surface area contributed by atoms with E-state index >= 15 is 0 Å². The highest BCUT2D eigenvalue weighted by Gasteiger charge is 2.25. The average Bonchev–Trinajstić information content (AvgIpc) is 2.79. The number of carbonyl (C=O) groups excluding carboxylic acids is 1. The van der Waals surface area contributed by atoms with Gasteiger partial charge >= 0.3 is 0 Å². The second-order valence-corrected chi connectivity index (χ2v) is 8.22. The molecule has 2 aliphatic rings. The Kier molecular flexibility index (Phi) is 6.65. The van der Waals surface area contributed by atoms with Gasteiger partial charge in [-0.25, -0.2) is 0 Å². The van der Waals surface area contributed by atoms with E-state index in [1.54, 1.807) is 7.11 Å². The molecule has 7 heteroatoms. The van der Waals surface area contributed by atoms with E-state index in [9.17, 15) is 4.79 Å². The predicted octanol–water partition coefficient (Wildman–Crippen LogP) is 2.82. The molecule has 0 spiro atoms. The van der Waals surface area contributed by atoms with Crippen molar-refractivity contribution in [3.63, 3.8) is 0 Å². The Hall–Kier alpha value is -2.44. The summed E-state index contributed by atoms with van der Waals surface area (Å²) >= 11 is 6.12.